The molecule has 1 amide bonds. The molecule has 2 aromatic rings. The van der Waals surface area contributed by atoms with Crippen molar-refractivity contribution in [1.29, 1.82) is 0 Å². The lowest BCUT2D eigenvalue weighted by Gasteiger charge is -2.32. The lowest BCUT2D eigenvalue weighted by atomic mass is 10.1. The van der Waals surface area contributed by atoms with E-state index in [1.54, 1.807) is 24.3 Å². The van der Waals surface area contributed by atoms with Crippen LogP contribution in [0.1, 0.15) is 22.8 Å². The van der Waals surface area contributed by atoms with E-state index in [1.807, 2.05) is 26.0 Å². The zero-order valence-corrected chi connectivity index (χ0v) is 15.6. The second-order valence-corrected chi connectivity index (χ2v) is 8.28. The second kappa shape index (κ2) is 7.57. The highest BCUT2D eigenvalue weighted by atomic mass is 32.2. The molecule has 0 radical (unpaired) electrons. The number of rotatable bonds is 4. The van der Waals surface area contributed by atoms with Crippen LogP contribution in [-0.2, 0) is 14.8 Å². The number of anilines is 1. The van der Waals surface area contributed by atoms with Crippen molar-refractivity contribution in [3.8, 4) is 0 Å². The molecule has 0 saturated carbocycles. The smallest absolute Gasteiger partial charge is 0.255 e. The highest BCUT2D eigenvalue weighted by Gasteiger charge is 2.31. The first-order chi connectivity index (χ1) is 12.4. The number of benzene rings is 2. The summed E-state index contributed by atoms with van der Waals surface area (Å²) in [6.45, 7) is 4.88. The zero-order valence-electron chi connectivity index (χ0n) is 14.8. The molecular weight excluding hydrogens is 352 g/mol. The van der Waals surface area contributed by atoms with Gasteiger partial charge in [0.05, 0.1) is 18.1 Å². The molecule has 1 unspecified atom stereocenters. The summed E-state index contributed by atoms with van der Waals surface area (Å²) < 4.78 is 32.3. The number of nitrogens with one attached hydrogen (secondary N) is 1. The average Bonchev–Trinajstić information content (AvgIpc) is 2.62. The van der Waals surface area contributed by atoms with Crippen molar-refractivity contribution < 1.29 is 17.9 Å². The fourth-order valence-electron chi connectivity index (χ4n) is 2.90. The predicted octanol–water partition coefficient (Wildman–Crippen LogP) is 2.66. The van der Waals surface area contributed by atoms with Crippen molar-refractivity contribution in [2.24, 2.45) is 0 Å². The van der Waals surface area contributed by atoms with Crippen LogP contribution < -0.4 is 5.32 Å². The number of aryl methyl sites for hydroxylation is 1. The molecule has 0 aliphatic carbocycles. The number of amides is 1. The molecule has 1 fully saturated rings. The van der Waals surface area contributed by atoms with Crippen LogP contribution in [0.5, 0.6) is 0 Å². The molecule has 0 aromatic heterocycles. The Labute approximate surface area is 153 Å². The largest absolute Gasteiger partial charge is 0.378 e. The summed E-state index contributed by atoms with van der Waals surface area (Å²) in [5.41, 5.74) is 2.10. The van der Waals surface area contributed by atoms with Crippen molar-refractivity contribution in [3.05, 3.63) is 59.7 Å². The Hall–Kier alpha value is -2.22. The molecule has 1 aliphatic rings. The van der Waals surface area contributed by atoms with Crippen molar-refractivity contribution >= 4 is 21.6 Å². The van der Waals surface area contributed by atoms with Crippen LogP contribution in [0, 0.1) is 6.92 Å². The van der Waals surface area contributed by atoms with Gasteiger partial charge in [-0.1, -0.05) is 17.7 Å². The molecule has 1 saturated heterocycles. The average molecular weight is 374 g/mol. The van der Waals surface area contributed by atoms with Gasteiger partial charge in [-0.15, -0.1) is 0 Å². The number of carbonyl (C=O) groups is 1. The topological polar surface area (TPSA) is 75.7 Å². The number of hydrogen-bond acceptors (Lipinski definition) is 4. The summed E-state index contributed by atoms with van der Waals surface area (Å²) in [6, 6.07) is 13.3. The number of sulfonamides is 1. The van der Waals surface area contributed by atoms with Crippen LogP contribution in [0.25, 0.3) is 0 Å². The monoisotopic (exact) mass is 374 g/mol. The number of nitrogens with zero attached hydrogens (tertiary/aromatic N) is 1. The quantitative estimate of drug-likeness (QED) is 0.893. The lowest BCUT2D eigenvalue weighted by Crippen LogP contribution is -2.46. The second-order valence-electron chi connectivity index (χ2n) is 6.39. The van der Waals surface area contributed by atoms with Crippen LogP contribution in [0.3, 0.4) is 0 Å². The summed E-state index contributed by atoms with van der Waals surface area (Å²) in [6.07, 6.45) is 0. The van der Waals surface area contributed by atoms with Gasteiger partial charge in [-0.3, -0.25) is 4.79 Å². The Morgan fingerprint density at radius 2 is 1.92 bits per heavy atom. The Morgan fingerprint density at radius 3 is 2.58 bits per heavy atom. The Balaban J connectivity index is 1.75. The van der Waals surface area contributed by atoms with Crippen molar-refractivity contribution in [3.63, 3.8) is 0 Å². The maximum Gasteiger partial charge on any atom is 0.255 e. The maximum absolute atomic E-state index is 12.8. The van der Waals surface area contributed by atoms with Crippen molar-refractivity contribution in [2.75, 3.05) is 25.1 Å². The Morgan fingerprint density at radius 1 is 1.19 bits per heavy atom. The molecule has 2 aromatic carbocycles. The van der Waals surface area contributed by atoms with Gasteiger partial charge < -0.3 is 10.1 Å². The molecule has 1 aliphatic heterocycles. The third-order valence-corrected chi connectivity index (χ3v) is 6.33. The van der Waals surface area contributed by atoms with Gasteiger partial charge in [-0.2, -0.15) is 4.31 Å². The summed E-state index contributed by atoms with van der Waals surface area (Å²) in [5, 5.41) is 2.79. The van der Waals surface area contributed by atoms with E-state index in [9.17, 15) is 13.2 Å². The van der Waals surface area contributed by atoms with E-state index >= 15 is 0 Å². The molecule has 1 heterocycles. The first-order valence-electron chi connectivity index (χ1n) is 8.45. The van der Waals surface area contributed by atoms with Gasteiger partial charge in [-0.25, -0.2) is 8.42 Å². The zero-order chi connectivity index (χ0) is 18.7. The lowest BCUT2D eigenvalue weighted by molar-refractivity contribution is 0.0393. The number of carbonyl (C=O) groups excluding carboxylic acids is 1. The molecule has 3 rings (SSSR count). The number of morpholine rings is 1. The SMILES string of the molecule is Cc1cccc(C(=O)Nc2ccc(S(=O)(=O)N3CCOCC3C)cc2)c1. The first-order valence-corrected chi connectivity index (χ1v) is 9.89. The van der Waals surface area contributed by atoms with Crippen molar-refractivity contribution in [2.45, 2.75) is 24.8 Å². The summed E-state index contributed by atoms with van der Waals surface area (Å²) in [7, 11) is -3.57. The Bertz CT molecular complexity index is 894. The van der Waals surface area contributed by atoms with E-state index < -0.39 is 10.0 Å². The normalized spacial score (nSPS) is 18.5. The highest BCUT2D eigenvalue weighted by Crippen LogP contribution is 2.22. The highest BCUT2D eigenvalue weighted by molar-refractivity contribution is 7.89. The van der Waals surface area contributed by atoms with Crippen molar-refractivity contribution in [1.82, 2.24) is 4.31 Å². The van der Waals surface area contributed by atoms with E-state index in [0.717, 1.165) is 5.56 Å². The molecule has 138 valence electrons. The molecule has 6 nitrogen and oxygen atoms in total. The minimum atomic E-state index is -3.57. The third-order valence-electron chi connectivity index (χ3n) is 4.31. The molecule has 0 bridgehead atoms. The standard InChI is InChI=1S/C19H22N2O4S/c1-14-4-3-5-16(12-14)19(22)20-17-6-8-18(9-7-17)26(23,24)21-10-11-25-13-15(21)2/h3-9,12,15H,10-11,13H2,1-2H3,(H,20,22). The van der Waals surface area contributed by atoms with Crippen LogP contribution in [0.2, 0.25) is 0 Å². The predicted molar refractivity (Wildman–Crippen MR) is 99.7 cm³/mol. The van der Waals surface area contributed by atoms with Crippen LogP contribution in [-0.4, -0.2) is 44.4 Å². The van der Waals surface area contributed by atoms with Gasteiger partial charge in [0.1, 0.15) is 0 Å². The summed E-state index contributed by atoms with van der Waals surface area (Å²) >= 11 is 0. The summed E-state index contributed by atoms with van der Waals surface area (Å²) in [4.78, 5) is 12.5. The fourth-order valence-corrected chi connectivity index (χ4v) is 4.50. The molecule has 7 heteroatoms. The van der Waals surface area contributed by atoms with Crippen LogP contribution in [0.4, 0.5) is 5.69 Å². The Kier molecular flexibility index (Phi) is 5.41. The van der Waals surface area contributed by atoms with Gasteiger partial charge in [0.2, 0.25) is 10.0 Å². The van der Waals surface area contributed by atoms with Crippen LogP contribution in [0.15, 0.2) is 53.4 Å². The number of ether oxygens (including phenoxy) is 1. The van der Waals surface area contributed by atoms with Gasteiger partial charge in [0.25, 0.3) is 5.91 Å². The summed E-state index contributed by atoms with van der Waals surface area (Å²) in [5.74, 6) is -0.230. The van der Waals surface area contributed by atoms with E-state index in [-0.39, 0.29) is 16.8 Å². The van der Waals surface area contributed by atoms with E-state index in [4.69, 9.17) is 4.74 Å². The van der Waals surface area contributed by atoms with E-state index in [1.165, 1.54) is 16.4 Å². The van der Waals surface area contributed by atoms with Gasteiger partial charge in [0.15, 0.2) is 0 Å². The fraction of sp³-hybridized carbons (Fsp3) is 0.316. The molecule has 26 heavy (non-hydrogen) atoms. The molecular formula is C19H22N2O4S. The van der Waals surface area contributed by atoms with Crippen LogP contribution >= 0.6 is 0 Å². The molecule has 0 spiro atoms. The minimum absolute atomic E-state index is 0.200. The first kappa shape index (κ1) is 18.6. The minimum Gasteiger partial charge on any atom is -0.378 e. The van der Waals surface area contributed by atoms with E-state index in [2.05, 4.69) is 5.32 Å². The number of hydrogen-bond donors (Lipinski definition) is 1. The van der Waals surface area contributed by atoms with Gasteiger partial charge in [-0.05, 0) is 50.2 Å². The third kappa shape index (κ3) is 3.95. The van der Waals surface area contributed by atoms with Gasteiger partial charge >= 0.3 is 0 Å². The molecule has 1 atom stereocenters. The molecule has 1 N–H and O–H groups in total. The van der Waals surface area contributed by atoms with Gasteiger partial charge in [0, 0.05) is 23.8 Å². The van der Waals surface area contributed by atoms with E-state index in [0.29, 0.717) is 31.0 Å². The maximum atomic E-state index is 12.8.